The molecule has 0 aromatic carbocycles. The number of furan rings is 1. The SMILES string of the molecule is CC(C(=O)NC1CC1)N(C)Cc1ccco1. The summed E-state index contributed by atoms with van der Waals surface area (Å²) < 4.78 is 5.25. The second kappa shape index (κ2) is 4.70. The highest BCUT2D eigenvalue weighted by Crippen LogP contribution is 2.19. The van der Waals surface area contributed by atoms with Crippen molar-refractivity contribution in [3.63, 3.8) is 0 Å². The largest absolute Gasteiger partial charge is 0.468 e. The summed E-state index contributed by atoms with van der Waals surface area (Å²) >= 11 is 0. The van der Waals surface area contributed by atoms with Crippen LogP contribution in [0.15, 0.2) is 22.8 Å². The monoisotopic (exact) mass is 222 g/mol. The Kier molecular flexibility index (Phi) is 3.29. The Balaban J connectivity index is 1.82. The second-order valence-electron chi connectivity index (χ2n) is 4.45. The van der Waals surface area contributed by atoms with E-state index >= 15 is 0 Å². The molecule has 0 radical (unpaired) electrons. The van der Waals surface area contributed by atoms with Crippen molar-refractivity contribution in [2.75, 3.05) is 7.05 Å². The molecule has 0 aliphatic heterocycles. The van der Waals surface area contributed by atoms with Gasteiger partial charge >= 0.3 is 0 Å². The van der Waals surface area contributed by atoms with E-state index < -0.39 is 0 Å². The van der Waals surface area contributed by atoms with E-state index in [1.807, 2.05) is 31.0 Å². The Morgan fingerprint density at radius 2 is 2.44 bits per heavy atom. The van der Waals surface area contributed by atoms with Gasteiger partial charge in [-0.05, 0) is 38.9 Å². The van der Waals surface area contributed by atoms with Gasteiger partial charge in [-0.2, -0.15) is 0 Å². The van der Waals surface area contributed by atoms with Gasteiger partial charge in [-0.3, -0.25) is 9.69 Å². The number of nitrogens with one attached hydrogen (secondary N) is 1. The molecule has 1 N–H and O–H groups in total. The minimum Gasteiger partial charge on any atom is -0.468 e. The standard InChI is InChI=1S/C12H18N2O2/c1-9(12(15)13-10-5-6-10)14(2)8-11-4-3-7-16-11/h3-4,7,9-10H,5-6,8H2,1-2H3,(H,13,15). The molecule has 1 fully saturated rings. The molecular weight excluding hydrogens is 204 g/mol. The van der Waals surface area contributed by atoms with Crippen molar-refractivity contribution >= 4 is 5.91 Å². The quantitative estimate of drug-likeness (QED) is 0.818. The Bertz CT molecular complexity index is 344. The molecule has 0 spiro atoms. The zero-order valence-electron chi connectivity index (χ0n) is 9.77. The molecule has 1 unspecified atom stereocenters. The molecule has 2 rings (SSSR count). The summed E-state index contributed by atoms with van der Waals surface area (Å²) in [6.45, 7) is 2.58. The van der Waals surface area contributed by atoms with Crippen LogP contribution in [0, 0.1) is 0 Å². The van der Waals surface area contributed by atoms with Crippen LogP contribution in [-0.4, -0.2) is 29.9 Å². The lowest BCUT2D eigenvalue weighted by atomic mass is 10.2. The molecule has 1 heterocycles. The van der Waals surface area contributed by atoms with Gasteiger partial charge in [-0.1, -0.05) is 0 Å². The molecule has 1 atom stereocenters. The van der Waals surface area contributed by atoms with Gasteiger partial charge in [0, 0.05) is 6.04 Å². The van der Waals surface area contributed by atoms with Crippen LogP contribution < -0.4 is 5.32 Å². The van der Waals surface area contributed by atoms with Crippen molar-refractivity contribution in [3.05, 3.63) is 24.2 Å². The number of carbonyl (C=O) groups excluding carboxylic acids is 1. The van der Waals surface area contributed by atoms with E-state index in [0.29, 0.717) is 12.6 Å². The molecule has 1 aromatic rings. The van der Waals surface area contributed by atoms with E-state index in [9.17, 15) is 4.79 Å². The van der Waals surface area contributed by atoms with Gasteiger partial charge in [0.1, 0.15) is 5.76 Å². The minimum atomic E-state index is -0.120. The first kappa shape index (κ1) is 11.2. The first-order valence-corrected chi connectivity index (χ1v) is 5.70. The average molecular weight is 222 g/mol. The molecule has 16 heavy (non-hydrogen) atoms. The molecule has 0 bridgehead atoms. The van der Waals surface area contributed by atoms with E-state index in [1.165, 1.54) is 0 Å². The van der Waals surface area contributed by atoms with Crippen LogP contribution in [0.25, 0.3) is 0 Å². The van der Waals surface area contributed by atoms with Crippen LogP contribution in [-0.2, 0) is 11.3 Å². The fourth-order valence-electron chi connectivity index (χ4n) is 1.53. The first-order chi connectivity index (χ1) is 7.66. The molecule has 0 saturated heterocycles. The van der Waals surface area contributed by atoms with Gasteiger partial charge in [0.05, 0.1) is 18.8 Å². The average Bonchev–Trinajstić information content (AvgIpc) is 2.92. The van der Waals surface area contributed by atoms with Crippen LogP contribution in [0.1, 0.15) is 25.5 Å². The summed E-state index contributed by atoms with van der Waals surface area (Å²) in [7, 11) is 1.93. The fourth-order valence-corrected chi connectivity index (χ4v) is 1.53. The third-order valence-corrected chi connectivity index (χ3v) is 2.95. The van der Waals surface area contributed by atoms with Gasteiger partial charge in [-0.15, -0.1) is 0 Å². The Labute approximate surface area is 95.6 Å². The number of nitrogens with zero attached hydrogens (tertiary/aromatic N) is 1. The number of hydrogen-bond donors (Lipinski definition) is 1. The molecule has 88 valence electrons. The topological polar surface area (TPSA) is 45.5 Å². The summed E-state index contributed by atoms with van der Waals surface area (Å²) in [6.07, 6.45) is 3.90. The lowest BCUT2D eigenvalue weighted by Crippen LogP contribution is -2.43. The van der Waals surface area contributed by atoms with Gasteiger partial charge in [0.15, 0.2) is 0 Å². The maximum Gasteiger partial charge on any atom is 0.237 e. The Morgan fingerprint density at radius 1 is 1.69 bits per heavy atom. The van der Waals surface area contributed by atoms with E-state index in [1.54, 1.807) is 6.26 Å². The lowest BCUT2D eigenvalue weighted by molar-refractivity contribution is -0.125. The van der Waals surface area contributed by atoms with Crippen LogP contribution in [0.3, 0.4) is 0 Å². The molecule has 1 saturated carbocycles. The van der Waals surface area contributed by atoms with Crippen LogP contribution in [0.4, 0.5) is 0 Å². The molecule has 1 amide bonds. The van der Waals surface area contributed by atoms with Gasteiger partial charge < -0.3 is 9.73 Å². The molecular formula is C12H18N2O2. The highest BCUT2D eigenvalue weighted by atomic mass is 16.3. The van der Waals surface area contributed by atoms with E-state index in [4.69, 9.17) is 4.42 Å². The zero-order valence-corrected chi connectivity index (χ0v) is 9.77. The molecule has 1 aliphatic rings. The fraction of sp³-hybridized carbons (Fsp3) is 0.583. The highest BCUT2D eigenvalue weighted by molar-refractivity contribution is 5.81. The number of rotatable bonds is 5. The number of hydrogen-bond acceptors (Lipinski definition) is 3. The van der Waals surface area contributed by atoms with Crippen molar-refractivity contribution in [1.29, 1.82) is 0 Å². The predicted molar refractivity (Wildman–Crippen MR) is 60.8 cm³/mol. The van der Waals surface area contributed by atoms with Crippen molar-refractivity contribution in [3.8, 4) is 0 Å². The minimum absolute atomic E-state index is 0.108. The van der Waals surface area contributed by atoms with Crippen LogP contribution in [0.5, 0.6) is 0 Å². The van der Waals surface area contributed by atoms with Crippen molar-refractivity contribution in [2.45, 2.75) is 38.4 Å². The summed E-state index contributed by atoms with van der Waals surface area (Å²) in [6, 6.07) is 4.08. The zero-order chi connectivity index (χ0) is 11.5. The van der Waals surface area contributed by atoms with Crippen molar-refractivity contribution in [2.24, 2.45) is 0 Å². The number of carbonyl (C=O) groups is 1. The van der Waals surface area contributed by atoms with Crippen LogP contribution in [0.2, 0.25) is 0 Å². The maximum atomic E-state index is 11.8. The Hall–Kier alpha value is -1.29. The first-order valence-electron chi connectivity index (χ1n) is 5.70. The van der Waals surface area contributed by atoms with E-state index in [2.05, 4.69) is 5.32 Å². The number of amides is 1. The summed E-state index contributed by atoms with van der Waals surface area (Å²) in [4.78, 5) is 13.8. The van der Waals surface area contributed by atoms with Gasteiger partial charge in [-0.25, -0.2) is 0 Å². The summed E-state index contributed by atoms with van der Waals surface area (Å²) in [5.41, 5.74) is 0. The summed E-state index contributed by atoms with van der Waals surface area (Å²) in [5.74, 6) is 0.991. The van der Waals surface area contributed by atoms with Gasteiger partial charge in [0.25, 0.3) is 0 Å². The van der Waals surface area contributed by atoms with Crippen molar-refractivity contribution < 1.29 is 9.21 Å². The lowest BCUT2D eigenvalue weighted by Gasteiger charge is -2.22. The van der Waals surface area contributed by atoms with E-state index in [0.717, 1.165) is 18.6 Å². The maximum absolute atomic E-state index is 11.8. The smallest absolute Gasteiger partial charge is 0.237 e. The summed E-state index contributed by atoms with van der Waals surface area (Å²) in [5, 5.41) is 3.00. The third kappa shape index (κ3) is 2.85. The third-order valence-electron chi connectivity index (χ3n) is 2.95. The van der Waals surface area contributed by atoms with Crippen LogP contribution >= 0.6 is 0 Å². The normalized spacial score (nSPS) is 17.4. The molecule has 1 aliphatic carbocycles. The molecule has 4 heteroatoms. The number of likely N-dealkylation sites (N-methyl/N-ethyl adjacent to an activating group) is 1. The highest BCUT2D eigenvalue weighted by Gasteiger charge is 2.27. The van der Waals surface area contributed by atoms with Gasteiger partial charge in [0.2, 0.25) is 5.91 Å². The van der Waals surface area contributed by atoms with E-state index in [-0.39, 0.29) is 11.9 Å². The van der Waals surface area contributed by atoms with Crippen molar-refractivity contribution in [1.82, 2.24) is 10.2 Å². The predicted octanol–water partition coefficient (Wildman–Crippen LogP) is 1.38. The Morgan fingerprint density at radius 3 is 3.00 bits per heavy atom. The molecule has 4 nitrogen and oxygen atoms in total. The second-order valence-corrected chi connectivity index (χ2v) is 4.45. The molecule has 1 aromatic heterocycles.